The Balaban J connectivity index is 4.55. The molecule has 0 bridgehead atoms. The Hall–Kier alpha value is 0.800. The highest BCUT2D eigenvalue weighted by molar-refractivity contribution is 7.61. The van der Waals surface area contributed by atoms with E-state index < -0.39 is 28.9 Å². The topological polar surface area (TPSA) is 112 Å². The van der Waals surface area contributed by atoms with Gasteiger partial charge in [-0.2, -0.15) is 4.31 Å². The van der Waals surface area contributed by atoms with E-state index in [2.05, 4.69) is 17.9 Å². The molecule has 0 aliphatic heterocycles. The van der Waals surface area contributed by atoms with Gasteiger partial charge in [0, 0.05) is 11.8 Å². The SMILES string of the molecule is O=P(O)(OCCO)OP(=O)(OCCCl)OCCCl. The fourth-order valence-electron chi connectivity index (χ4n) is 0.683. The van der Waals surface area contributed by atoms with E-state index in [9.17, 15) is 14.0 Å². The fourth-order valence-corrected chi connectivity index (χ4v) is 3.65. The first-order chi connectivity index (χ1) is 8.39. The number of rotatable bonds is 11. The van der Waals surface area contributed by atoms with Crippen LogP contribution in [0.1, 0.15) is 0 Å². The lowest BCUT2D eigenvalue weighted by molar-refractivity contribution is 0.121. The van der Waals surface area contributed by atoms with Crippen molar-refractivity contribution in [3.05, 3.63) is 0 Å². The molecule has 8 nitrogen and oxygen atoms in total. The van der Waals surface area contributed by atoms with Crippen molar-refractivity contribution < 1.29 is 37.0 Å². The maximum absolute atomic E-state index is 11.9. The fraction of sp³-hybridized carbons (Fsp3) is 1.00. The van der Waals surface area contributed by atoms with E-state index in [0.717, 1.165) is 0 Å². The average molecular weight is 347 g/mol. The molecule has 2 N–H and O–H groups in total. The highest BCUT2D eigenvalue weighted by Gasteiger charge is 2.38. The summed E-state index contributed by atoms with van der Waals surface area (Å²) in [6.07, 6.45) is 0. The van der Waals surface area contributed by atoms with Gasteiger partial charge >= 0.3 is 15.6 Å². The largest absolute Gasteiger partial charge is 0.483 e. The smallest absolute Gasteiger partial charge is 0.394 e. The van der Waals surface area contributed by atoms with Crippen molar-refractivity contribution in [1.82, 2.24) is 0 Å². The maximum Gasteiger partial charge on any atom is 0.483 e. The van der Waals surface area contributed by atoms with E-state index in [1.54, 1.807) is 0 Å². The zero-order chi connectivity index (χ0) is 14.1. The van der Waals surface area contributed by atoms with Crippen molar-refractivity contribution in [2.45, 2.75) is 0 Å². The van der Waals surface area contributed by atoms with Crippen LogP contribution in [0.2, 0.25) is 0 Å². The lowest BCUT2D eigenvalue weighted by Crippen LogP contribution is -2.05. The molecule has 0 saturated carbocycles. The molecule has 0 aliphatic carbocycles. The third-order valence-corrected chi connectivity index (χ3v) is 4.64. The molecule has 0 radical (unpaired) electrons. The van der Waals surface area contributed by atoms with Crippen LogP contribution in [-0.2, 0) is 27.0 Å². The van der Waals surface area contributed by atoms with Crippen LogP contribution in [0.25, 0.3) is 0 Å². The quantitative estimate of drug-likeness (QED) is 0.429. The van der Waals surface area contributed by atoms with Gasteiger partial charge in [-0.25, -0.2) is 9.13 Å². The van der Waals surface area contributed by atoms with Crippen molar-refractivity contribution in [3.63, 3.8) is 0 Å². The third kappa shape index (κ3) is 8.82. The van der Waals surface area contributed by atoms with Gasteiger partial charge in [0.2, 0.25) is 0 Å². The van der Waals surface area contributed by atoms with E-state index in [0.29, 0.717) is 0 Å². The average Bonchev–Trinajstić information content (AvgIpc) is 2.31. The Morgan fingerprint density at radius 3 is 1.83 bits per heavy atom. The summed E-state index contributed by atoms with van der Waals surface area (Å²) in [7, 11) is -8.97. The van der Waals surface area contributed by atoms with Crippen LogP contribution in [0.15, 0.2) is 0 Å². The molecule has 0 fully saturated rings. The first-order valence-corrected chi connectivity index (χ1v) is 8.72. The van der Waals surface area contributed by atoms with Gasteiger partial charge in [0.15, 0.2) is 0 Å². The number of hydrogen-bond donors (Lipinski definition) is 2. The monoisotopic (exact) mass is 346 g/mol. The molecule has 0 spiro atoms. The Kier molecular flexibility index (Phi) is 10.1. The Bertz CT molecular complexity index is 302. The number of halogens is 2. The van der Waals surface area contributed by atoms with Crippen molar-refractivity contribution in [1.29, 1.82) is 0 Å². The van der Waals surface area contributed by atoms with Crippen LogP contribution in [-0.4, -0.2) is 48.2 Å². The number of aliphatic hydroxyl groups excluding tert-OH is 1. The second-order valence-corrected chi connectivity index (χ2v) is 6.61. The van der Waals surface area contributed by atoms with Gasteiger partial charge in [-0.15, -0.1) is 23.2 Å². The summed E-state index contributed by atoms with van der Waals surface area (Å²) in [6.45, 7) is -1.43. The second-order valence-electron chi connectivity index (χ2n) is 2.60. The summed E-state index contributed by atoms with van der Waals surface area (Å²) >= 11 is 10.6. The third-order valence-electron chi connectivity index (χ3n) is 1.20. The molecule has 0 aromatic rings. The maximum atomic E-state index is 11.9. The number of alkyl halides is 2. The number of hydrogen-bond acceptors (Lipinski definition) is 7. The van der Waals surface area contributed by atoms with Crippen molar-refractivity contribution in [2.24, 2.45) is 0 Å². The van der Waals surface area contributed by atoms with Gasteiger partial charge in [0.25, 0.3) is 0 Å². The lowest BCUT2D eigenvalue weighted by Gasteiger charge is -2.19. The van der Waals surface area contributed by atoms with Gasteiger partial charge < -0.3 is 10.00 Å². The van der Waals surface area contributed by atoms with Crippen LogP contribution >= 0.6 is 38.8 Å². The van der Waals surface area contributed by atoms with Crippen LogP contribution in [0.4, 0.5) is 0 Å². The van der Waals surface area contributed by atoms with Crippen LogP contribution in [0, 0.1) is 0 Å². The highest BCUT2D eigenvalue weighted by Crippen LogP contribution is 2.63. The van der Waals surface area contributed by atoms with E-state index >= 15 is 0 Å². The molecule has 12 heteroatoms. The molecule has 0 aliphatic rings. The van der Waals surface area contributed by atoms with Gasteiger partial charge in [0.1, 0.15) is 0 Å². The van der Waals surface area contributed by atoms with Crippen molar-refractivity contribution in [2.75, 3.05) is 38.2 Å². The Morgan fingerprint density at radius 1 is 0.944 bits per heavy atom. The van der Waals surface area contributed by atoms with Gasteiger partial charge in [-0.05, 0) is 0 Å². The first-order valence-electron chi connectivity index (χ1n) is 4.69. The van der Waals surface area contributed by atoms with E-state index in [4.69, 9.17) is 28.3 Å². The molecular formula is C6H14Cl2O8P2. The number of phosphoric ester groups is 2. The molecule has 0 saturated heterocycles. The summed E-state index contributed by atoms with van der Waals surface area (Å²) in [6, 6.07) is 0. The molecule has 1 atom stereocenters. The predicted molar refractivity (Wildman–Crippen MR) is 64.9 cm³/mol. The molecule has 0 heterocycles. The summed E-state index contributed by atoms with van der Waals surface area (Å²) in [5.41, 5.74) is 0. The zero-order valence-electron chi connectivity index (χ0n) is 9.24. The molecule has 0 aromatic heterocycles. The van der Waals surface area contributed by atoms with Crippen molar-refractivity contribution >= 4 is 38.8 Å². The van der Waals surface area contributed by atoms with Crippen LogP contribution in [0.5, 0.6) is 0 Å². The van der Waals surface area contributed by atoms with E-state index in [1.165, 1.54) is 0 Å². The minimum Gasteiger partial charge on any atom is -0.394 e. The minimum atomic E-state index is -4.67. The van der Waals surface area contributed by atoms with Gasteiger partial charge in [-0.3, -0.25) is 13.6 Å². The molecule has 0 aromatic carbocycles. The Morgan fingerprint density at radius 2 is 1.44 bits per heavy atom. The summed E-state index contributed by atoms with van der Waals surface area (Å²) < 4.78 is 41.0. The molecule has 18 heavy (non-hydrogen) atoms. The zero-order valence-corrected chi connectivity index (χ0v) is 12.5. The summed E-state index contributed by atoms with van der Waals surface area (Å²) in [4.78, 5) is 9.18. The predicted octanol–water partition coefficient (Wildman–Crippen LogP) is 1.73. The van der Waals surface area contributed by atoms with Gasteiger partial charge in [-0.1, -0.05) is 0 Å². The molecular weight excluding hydrogens is 333 g/mol. The van der Waals surface area contributed by atoms with E-state index in [1.807, 2.05) is 0 Å². The molecule has 0 amide bonds. The lowest BCUT2D eigenvalue weighted by atomic mass is 10.8. The number of phosphoric acid groups is 2. The minimum absolute atomic E-state index is 0.0230. The van der Waals surface area contributed by atoms with Crippen molar-refractivity contribution in [3.8, 4) is 0 Å². The summed E-state index contributed by atoms with van der Waals surface area (Å²) in [5.74, 6) is -0.0460. The van der Waals surface area contributed by atoms with Gasteiger partial charge in [0.05, 0.1) is 26.4 Å². The Labute approximate surface area is 114 Å². The standard InChI is InChI=1S/C6H14Cl2O8P2/c7-1-4-14-18(12,15-5-2-8)16-17(10,11)13-6-3-9/h9H,1-6H2,(H,10,11). The normalized spacial score (nSPS) is 15.6. The second kappa shape index (κ2) is 9.66. The molecule has 110 valence electrons. The van der Waals surface area contributed by atoms with Crippen LogP contribution in [0.3, 0.4) is 0 Å². The molecule has 0 rings (SSSR count). The molecule has 1 unspecified atom stereocenters. The summed E-state index contributed by atoms with van der Waals surface area (Å²) in [5, 5.41) is 8.43. The van der Waals surface area contributed by atoms with E-state index in [-0.39, 0.29) is 25.0 Å². The number of aliphatic hydroxyl groups is 1. The highest BCUT2D eigenvalue weighted by atomic mass is 35.5. The van der Waals surface area contributed by atoms with Crippen LogP contribution < -0.4 is 0 Å². The first kappa shape index (κ1) is 18.8.